The highest BCUT2D eigenvalue weighted by Gasteiger charge is 2.21. The van der Waals surface area contributed by atoms with Crippen molar-refractivity contribution in [3.05, 3.63) is 29.3 Å². The molecule has 1 amide bonds. The zero-order chi connectivity index (χ0) is 16.6. The molecule has 1 N–H and O–H groups in total. The van der Waals surface area contributed by atoms with Crippen LogP contribution in [-0.2, 0) is 27.5 Å². The molecule has 0 radical (unpaired) electrons. The monoisotopic (exact) mass is 339 g/mol. The molecule has 122 valence electrons. The first-order valence-electron chi connectivity index (χ1n) is 6.95. The number of aromatic nitrogens is 2. The first-order valence-corrected chi connectivity index (χ1v) is 9.01. The van der Waals surface area contributed by atoms with Gasteiger partial charge in [0.1, 0.15) is 15.7 Å². The quantitative estimate of drug-likeness (QED) is 0.902. The van der Waals surface area contributed by atoms with Gasteiger partial charge in [0.2, 0.25) is 5.91 Å². The zero-order valence-electron chi connectivity index (χ0n) is 12.3. The van der Waals surface area contributed by atoms with E-state index in [2.05, 4.69) is 15.5 Å². The van der Waals surface area contributed by atoms with E-state index in [1.54, 1.807) is 6.07 Å². The van der Waals surface area contributed by atoms with E-state index in [1.165, 1.54) is 6.07 Å². The Hall–Kier alpha value is -2.29. The highest BCUT2D eigenvalue weighted by Crippen LogP contribution is 2.30. The summed E-state index contributed by atoms with van der Waals surface area (Å²) in [6, 6.07) is 2.79. The van der Waals surface area contributed by atoms with Crippen molar-refractivity contribution in [3.63, 3.8) is 0 Å². The van der Waals surface area contributed by atoms with E-state index in [1.807, 2.05) is 0 Å². The van der Waals surface area contributed by atoms with Crippen LogP contribution >= 0.6 is 0 Å². The predicted octanol–water partition coefficient (Wildman–Crippen LogP) is 1.35. The minimum Gasteiger partial charge on any atom is -0.334 e. The van der Waals surface area contributed by atoms with E-state index < -0.39 is 15.7 Å². The molecule has 1 aliphatic heterocycles. The Bertz CT molecular complexity index is 876. The number of carbonyl (C=O) groups excluding carboxylic acids is 1. The second-order valence-corrected chi connectivity index (χ2v) is 7.69. The molecule has 9 heteroatoms. The van der Waals surface area contributed by atoms with Crippen LogP contribution in [0.1, 0.15) is 17.8 Å². The summed E-state index contributed by atoms with van der Waals surface area (Å²) in [6.45, 7) is 0. The molecule has 3 rings (SSSR count). The minimum atomic E-state index is -3.14. The fourth-order valence-corrected chi connectivity index (χ4v) is 2.86. The number of anilines is 1. The van der Waals surface area contributed by atoms with Gasteiger partial charge in [-0.2, -0.15) is 4.98 Å². The van der Waals surface area contributed by atoms with Crippen LogP contribution in [0.15, 0.2) is 16.7 Å². The molecule has 1 aromatic heterocycles. The van der Waals surface area contributed by atoms with Crippen molar-refractivity contribution in [3.8, 4) is 11.5 Å². The smallest absolute Gasteiger partial charge is 0.260 e. The molecule has 23 heavy (non-hydrogen) atoms. The number of nitrogens with one attached hydrogen (secondary N) is 1. The maximum Gasteiger partial charge on any atom is 0.260 e. The molecule has 0 unspecified atom stereocenters. The molecule has 0 atom stereocenters. The summed E-state index contributed by atoms with van der Waals surface area (Å²) in [5.41, 5.74) is 1.37. The summed E-state index contributed by atoms with van der Waals surface area (Å²) >= 11 is 0. The van der Waals surface area contributed by atoms with Crippen LogP contribution in [0.25, 0.3) is 11.5 Å². The molecule has 0 saturated carbocycles. The standard InChI is InChI=1S/C14H14FN3O4S/c1-23(20,21)5-4-12-17-14(22-18-12)9-6-8-2-3-13(19)16-11(8)7-10(9)15/h6-7H,2-5H2,1H3,(H,16,19). The molecule has 0 bridgehead atoms. The summed E-state index contributed by atoms with van der Waals surface area (Å²) in [4.78, 5) is 15.4. The van der Waals surface area contributed by atoms with Gasteiger partial charge in [-0.05, 0) is 24.1 Å². The first kappa shape index (κ1) is 15.6. The molecule has 1 aromatic carbocycles. The van der Waals surface area contributed by atoms with Gasteiger partial charge in [-0.1, -0.05) is 5.16 Å². The maximum atomic E-state index is 14.2. The third kappa shape index (κ3) is 3.55. The van der Waals surface area contributed by atoms with Gasteiger partial charge in [0.15, 0.2) is 5.82 Å². The van der Waals surface area contributed by atoms with Crippen molar-refractivity contribution in [1.29, 1.82) is 0 Å². The molecule has 0 spiro atoms. The van der Waals surface area contributed by atoms with Gasteiger partial charge in [0.25, 0.3) is 5.89 Å². The third-order valence-corrected chi connectivity index (χ3v) is 4.43. The van der Waals surface area contributed by atoms with E-state index in [0.29, 0.717) is 18.5 Å². The van der Waals surface area contributed by atoms with Crippen LogP contribution in [0.2, 0.25) is 0 Å². The van der Waals surface area contributed by atoms with Crippen molar-refractivity contribution in [2.75, 3.05) is 17.3 Å². The number of halogens is 1. The predicted molar refractivity (Wildman–Crippen MR) is 80.1 cm³/mol. The summed E-state index contributed by atoms with van der Waals surface area (Å²) in [6.07, 6.45) is 2.06. The lowest BCUT2D eigenvalue weighted by atomic mass is 10.00. The number of fused-ring (bicyclic) bond motifs is 1. The van der Waals surface area contributed by atoms with Crippen molar-refractivity contribution in [2.45, 2.75) is 19.3 Å². The fraction of sp³-hybridized carbons (Fsp3) is 0.357. The molecule has 0 saturated heterocycles. The average Bonchev–Trinajstić information content (AvgIpc) is 2.92. The van der Waals surface area contributed by atoms with Gasteiger partial charge in [0.05, 0.1) is 11.3 Å². The third-order valence-electron chi connectivity index (χ3n) is 3.48. The Balaban J connectivity index is 1.87. The SMILES string of the molecule is CS(=O)(=O)CCc1noc(-c2cc3c(cc2F)NC(=O)CC3)n1. The van der Waals surface area contributed by atoms with Crippen LogP contribution in [0.5, 0.6) is 0 Å². The second kappa shape index (κ2) is 5.73. The van der Waals surface area contributed by atoms with Crippen molar-refractivity contribution in [2.24, 2.45) is 0 Å². The number of benzene rings is 1. The van der Waals surface area contributed by atoms with E-state index in [0.717, 1.165) is 11.8 Å². The fourth-order valence-electron chi connectivity index (χ4n) is 2.31. The van der Waals surface area contributed by atoms with Crippen LogP contribution in [0.4, 0.5) is 10.1 Å². The molecule has 7 nitrogen and oxygen atoms in total. The molecule has 2 aromatic rings. The van der Waals surface area contributed by atoms with Gasteiger partial charge in [-0.3, -0.25) is 4.79 Å². The molecule has 2 heterocycles. The number of carbonyl (C=O) groups is 1. The topological polar surface area (TPSA) is 102 Å². The van der Waals surface area contributed by atoms with Gasteiger partial charge in [-0.25, -0.2) is 12.8 Å². The van der Waals surface area contributed by atoms with Crippen LogP contribution in [-0.4, -0.2) is 36.5 Å². The van der Waals surface area contributed by atoms with Crippen LogP contribution in [0.3, 0.4) is 0 Å². The maximum absolute atomic E-state index is 14.2. The van der Waals surface area contributed by atoms with Crippen molar-refractivity contribution >= 4 is 21.4 Å². The van der Waals surface area contributed by atoms with E-state index >= 15 is 0 Å². The number of amides is 1. The van der Waals surface area contributed by atoms with Crippen molar-refractivity contribution < 1.29 is 22.1 Å². The lowest BCUT2D eigenvalue weighted by Gasteiger charge is -2.17. The Labute approximate surface area is 131 Å². The van der Waals surface area contributed by atoms with Gasteiger partial charge in [-0.15, -0.1) is 0 Å². The van der Waals surface area contributed by atoms with E-state index in [9.17, 15) is 17.6 Å². The zero-order valence-corrected chi connectivity index (χ0v) is 13.1. The van der Waals surface area contributed by atoms with Crippen molar-refractivity contribution in [1.82, 2.24) is 10.1 Å². The summed E-state index contributed by atoms with van der Waals surface area (Å²) in [5.74, 6) is -0.652. The highest BCUT2D eigenvalue weighted by atomic mass is 32.2. The highest BCUT2D eigenvalue weighted by molar-refractivity contribution is 7.90. The van der Waals surface area contributed by atoms with E-state index in [-0.39, 0.29) is 35.4 Å². The Morgan fingerprint density at radius 1 is 1.35 bits per heavy atom. The summed E-state index contributed by atoms with van der Waals surface area (Å²) < 4.78 is 41.5. The number of aryl methyl sites for hydroxylation is 2. The number of nitrogens with zero attached hydrogens (tertiary/aromatic N) is 2. The summed E-state index contributed by atoms with van der Waals surface area (Å²) in [5, 5.41) is 6.28. The normalized spacial score (nSPS) is 14.4. The average molecular weight is 339 g/mol. The molecular formula is C14H14FN3O4S. The number of sulfone groups is 1. The van der Waals surface area contributed by atoms with Crippen LogP contribution < -0.4 is 5.32 Å². The number of hydrogen-bond acceptors (Lipinski definition) is 6. The molecule has 0 aliphatic carbocycles. The largest absolute Gasteiger partial charge is 0.334 e. The Morgan fingerprint density at radius 3 is 2.87 bits per heavy atom. The summed E-state index contributed by atoms with van der Waals surface area (Å²) in [7, 11) is -3.14. The van der Waals surface area contributed by atoms with Gasteiger partial charge in [0, 0.05) is 24.8 Å². The Kier molecular flexibility index (Phi) is 3.88. The molecule has 1 aliphatic rings. The van der Waals surface area contributed by atoms with Gasteiger partial charge >= 0.3 is 0 Å². The number of rotatable bonds is 4. The van der Waals surface area contributed by atoms with Crippen LogP contribution in [0, 0.1) is 5.82 Å². The van der Waals surface area contributed by atoms with Gasteiger partial charge < -0.3 is 9.84 Å². The first-order chi connectivity index (χ1) is 10.8. The molecular weight excluding hydrogens is 325 g/mol. The van der Waals surface area contributed by atoms with E-state index in [4.69, 9.17) is 4.52 Å². The minimum absolute atomic E-state index is 0.00861. The molecule has 0 fully saturated rings. The lowest BCUT2D eigenvalue weighted by Crippen LogP contribution is -2.19. The second-order valence-electron chi connectivity index (χ2n) is 5.43. The lowest BCUT2D eigenvalue weighted by molar-refractivity contribution is -0.116. The Morgan fingerprint density at radius 2 is 2.13 bits per heavy atom. The number of hydrogen-bond donors (Lipinski definition) is 1.